The molecule has 0 fully saturated rings. The lowest BCUT2D eigenvalue weighted by molar-refractivity contribution is 0.538. The Balaban J connectivity index is 2.04. The molecule has 0 nitrogen and oxygen atoms in total. The van der Waals surface area contributed by atoms with Gasteiger partial charge in [-0.2, -0.15) is 0 Å². The maximum Gasteiger partial charge on any atom is -0.0153 e. The fraction of sp³-hybridized carbons (Fsp3) is 0.600. The lowest BCUT2D eigenvalue weighted by Crippen LogP contribution is -1.93. The van der Waals surface area contributed by atoms with Crippen LogP contribution in [-0.4, -0.2) is 0 Å². The predicted octanol–water partition coefficient (Wildman–Crippen LogP) is 4.86. The molecule has 0 radical (unpaired) electrons. The van der Waals surface area contributed by atoms with Crippen LogP contribution in [-0.2, 0) is 0 Å². The number of fused-ring (bicyclic) bond motifs is 1. The van der Waals surface area contributed by atoms with Gasteiger partial charge in [0.05, 0.1) is 0 Å². The van der Waals surface area contributed by atoms with Gasteiger partial charge in [0.15, 0.2) is 0 Å². The third-order valence-electron chi connectivity index (χ3n) is 3.76. The number of hydrogen-bond acceptors (Lipinski definition) is 0. The molecule has 2 rings (SSSR count). The molecule has 0 saturated carbocycles. The van der Waals surface area contributed by atoms with Crippen molar-refractivity contribution in [1.82, 2.24) is 0 Å². The second-order valence-corrected chi connectivity index (χ2v) is 4.96. The molecule has 0 bridgehead atoms. The summed E-state index contributed by atoms with van der Waals surface area (Å²) in [6.07, 6.45) is 6.91. The maximum absolute atomic E-state index is 2.37. The fourth-order valence-electron chi connectivity index (χ4n) is 2.93. The minimum atomic E-state index is 0.785. The highest BCUT2D eigenvalue weighted by Gasteiger charge is 2.26. The van der Waals surface area contributed by atoms with Crippen LogP contribution in [0.5, 0.6) is 0 Å². The average Bonchev–Trinajstić information content (AvgIpc) is 2.58. The van der Waals surface area contributed by atoms with E-state index in [0.717, 1.165) is 11.8 Å². The fourth-order valence-corrected chi connectivity index (χ4v) is 2.93. The normalized spacial score (nSPS) is 24.1. The van der Waals surface area contributed by atoms with Crippen LogP contribution in [0.1, 0.15) is 68.9 Å². The Labute approximate surface area is 93.7 Å². The monoisotopic (exact) mass is 202 g/mol. The SMILES string of the molecule is CCCCCC1CC(C)c2ccccc21. The van der Waals surface area contributed by atoms with E-state index in [0.29, 0.717) is 0 Å². The first-order chi connectivity index (χ1) is 7.33. The Hall–Kier alpha value is -0.780. The zero-order valence-electron chi connectivity index (χ0n) is 10.00. The number of rotatable bonds is 4. The number of benzene rings is 1. The molecule has 0 spiro atoms. The topological polar surface area (TPSA) is 0 Å². The van der Waals surface area contributed by atoms with Crippen LogP contribution in [0.25, 0.3) is 0 Å². The third kappa shape index (κ3) is 2.25. The van der Waals surface area contributed by atoms with Crippen molar-refractivity contribution in [3.63, 3.8) is 0 Å². The van der Waals surface area contributed by atoms with Crippen molar-refractivity contribution in [2.75, 3.05) is 0 Å². The van der Waals surface area contributed by atoms with E-state index in [-0.39, 0.29) is 0 Å². The van der Waals surface area contributed by atoms with Crippen molar-refractivity contribution in [2.45, 2.75) is 57.8 Å². The van der Waals surface area contributed by atoms with Gasteiger partial charge in [0, 0.05) is 0 Å². The molecule has 1 aromatic rings. The van der Waals surface area contributed by atoms with Gasteiger partial charge >= 0.3 is 0 Å². The van der Waals surface area contributed by atoms with Gasteiger partial charge in [-0.15, -0.1) is 0 Å². The molecule has 1 aromatic carbocycles. The summed E-state index contributed by atoms with van der Waals surface area (Å²) in [6, 6.07) is 9.04. The molecule has 0 heteroatoms. The van der Waals surface area contributed by atoms with Gasteiger partial charge in [0.25, 0.3) is 0 Å². The standard InChI is InChI=1S/C15H22/c1-3-4-5-8-13-11-12(2)14-9-6-7-10-15(13)14/h6-7,9-10,12-13H,3-5,8,11H2,1-2H3. The number of unbranched alkanes of at least 4 members (excludes halogenated alkanes) is 2. The van der Waals surface area contributed by atoms with Crippen molar-refractivity contribution in [2.24, 2.45) is 0 Å². The minimum Gasteiger partial charge on any atom is -0.0654 e. The van der Waals surface area contributed by atoms with Crippen molar-refractivity contribution >= 4 is 0 Å². The summed E-state index contributed by atoms with van der Waals surface area (Å²) < 4.78 is 0. The van der Waals surface area contributed by atoms with Crippen LogP contribution in [0.4, 0.5) is 0 Å². The van der Waals surface area contributed by atoms with Crippen LogP contribution in [0, 0.1) is 0 Å². The van der Waals surface area contributed by atoms with Gasteiger partial charge in [-0.1, -0.05) is 57.4 Å². The van der Waals surface area contributed by atoms with Gasteiger partial charge in [-0.25, -0.2) is 0 Å². The Morgan fingerprint density at radius 1 is 1.13 bits per heavy atom. The van der Waals surface area contributed by atoms with Crippen molar-refractivity contribution in [3.8, 4) is 0 Å². The highest BCUT2D eigenvalue weighted by molar-refractivity contribution is 5.37. The van der Waals surface area contributed by atoms with Crippen LogP contribution in [0.15, 0.2) is 24.3 Å². The Morgan fingerprint density at radius 2 is 1.87 bits per heavy atom. The van der Waals surface area contributed by atoms with E-state index in [4.69, 9.17) is 0 Å². The molecule has 1 aliphatic rings. The van der Waals surface area contributed by atoms with E-state index in [1.54, 1.807) is 11.1 Å². The Kier molecular flexibility index (Phi) is 3.45. The first kappa shape index (κ1) is 10.7. The average molecular weight is 202 g/mol. The number of hydrogen-bond donors (Lipinski definition) is 0. The van der Waals surface area contributed by atoms with E-state index in [1.807, 2.05) is 0 Å². The van der Waals surface area contributed by atoms with E-state index < -0.39 is 0 Å². The molecule has 0 saturated heterocycles. The van der Waals surface area contributed by atoms with Gasteiger partial charge in [-0.3, -0.25) is 0 Å². The van der Waals surface area contributed by atoms with E-state index in [9.17, 15) is 0 Å². The Bertz CT molecular complexity index is 314. The van der Waals surface area contributed by atoms with Crippen LogP contribution in [0.3, 0.4) is 0 Å². The molecule has 0 aromatic heterocycles. The molecule has 0 heterocycles. The molecule has 0 aliphatic heterocycles. The van der Waals surface area contributed by atoms with E-state index in [1.165, 1.54) is 32.1 Å². The van der Waals surface area contributed by atoms with Crippen LogP contribution < -0.4 is 0 Å². The summed E-state index contributed by atoms with van der Waals surface area (Å²) in [5.41, 5.74) is 3.25. The molecule has 0 N–H and O–H groups in total. The lowest BCUT2D eigenvalue weighted by Gasteiger charge is -2.10. The largest absolute Gasteiger partial charge is 0.0654 e. The quantitative estimate of drug-likeness (QED) is 0.612. The molecular formula is C15H22. The summed E-state index contributed by atoms with van der Waals surface area (Å²) in [7, 11) is 0. The Morgan fingerprint density at radius 3 is 2.60 bits per heavy atom. The molecule has 15 heavy (non-hydrogen) atoms. The molecule has 2 unspecified atom stereocenters. The summed E-state index contributed by atoms with van der Waals surface area (Å²) in [5.74, 6) is 1.63. The minimum absolute atomic E-state index is 0.785. The highest BCUT2D eigenvalue weighted by atomic mass is 14.3. The predicted molar refractivity (Wildman–Crippen MR) is 66.4 cm³/mol. The van der Waals surface area contributed by atoms with Gasteiger partial charge < -0.3 is 0 Å². The zero-order chi connectivity index (χ0) is 10.7. The van der Waals surface area contributed by atoms with Gasteiger partial charge in [-0.05, 0) is 35.8 Å². The zero-order valence-corrected chi connectivity index (χ0v) is 10.00. The summed E-state index contributed by atoms with van der Waals surface area (Å²) in [4.78, 5) is 0. The molecule has 1 aliphatic carbocycles. The second-order valence-electron chi connectivity index (χ2n) is 4.96. The summed E-state index contributed by atoms with van der Waals surface area (Å²) in [6.45, 7) is 4.66. The molecular weight excluding hydrogens is 180 g/mol. The molecule has 82 valence electrons. The van der Waals surface area contributed by atoms with Gasteiger partial charge in [0.2, 0.25) is 0 Å². The first-order valence-electron chi connectivity index (χ1n) is 6.41. The van der Waals surface area contributed by atoms with Crippen LogP contribution in [0.2, 0.25) is 0 Å². The third-order valence-corrected chi connectivity index (χ3v) is 3.76. The van der Waals surface area contributed by atoms with E-state index in [2.05, 4.69) is 38.1 Å². The molecule has 0 amide bonds. The van der Waals surface area contributed by atoms with Crippen molar-refractivity contribution in [1.29, 1.82) is 0 Å². The highest BCUT2D eigenvalue weighted by Crippen LogP contribution is 2.43. The van der Waals surface area contributed by atoms with Crippen molar-refractivity contribution < 1.29 is 0 Å². The van der Waals surface area contributed by atoms with Gasteiger partial charge in [0.1, 0.15) is 0 Å². The molecule has 2 atom stereocenters. The second kappa shape index (κ2) is 4.83. The smallest absolute Gasteiger partial charge is 0.0153 e. The first-order valence-corrected chi connectivity index (χ1v) is 6.41. The van der Waals surface area contributed by atoms with Crippen LogP contribution >= 0.6 is 0 Å². The summed E-state index contributed by atoms with van der Waals surface area (Å²) in [5, 5.41) is 0. The van der Waals surface area contributed by atoms with E-state index >= 15 is 0 Å². The van der Waals surface area contributed by atoms with Crippen molar-refractivity contribution in [3.05, 3.63) is 35.4 Å². The summed E-state index contributed by atoms with van der Waals surface area (Å²) >= 11 is 0. The maximum atomic E-state index is 2.37. The lowest BCUT2D eigenvalue weighted by atomic mass is 9.95.